The van der Waals surface area contributed by atoms with Crippen molar-refractivity contribution in [1.29, 1.82) is 0 Å². The van der Waals surface area contributed by atoms with Gasteiger partial charge in [0.05, 0.1) is 18.7 Å². The van der Waals surface area contributed by atoms with Crippen LogP contribution in [-0.2, 0) is 14.9 Å². The summed E-state index contributed by atoms with van der Waals surface area (Å²) < 4.78 is 4.96. The molecule has 0 saturated heterocycles. The molecule has 3 rings (SSSR count). The van der Waals surface area contributed by atoms with Crippen LogP contribution in [0.5, 0.6) is 5.75 Å². The number of hydrogen-bond donors (Lipinski definition) is 1. The minimum absolute atomic E-state index is 0.0788. The number of phenolic OH excluding ortho intramolecular Hbond substituents is 1. The van der Waals surface area contributed by atoms with Gasteiger partial charge in [0.1, 0.15) is 16.8 Å². The highest BCUT2D eigenvalue weighted by molar-refractivity contribution is 6.31. The largest absolute Gasteiger partial charge is 0.508 e. The van der Waals surface area contributed by atoms with Crippen molar-refractivity contribution >= 4 is 28.6 Å². The third kappa shape index (κ3) is 3.62. The van der Waals surface area contributed by atoms with E-state index in [9.17, 15) is 9.90 Å². The Balaban J connectivity index is 2.32. The van der Waals surface area contributed by atoms with Gasteiger partial charge in [-0.15, -0.1) is 15.0 Å². The van der Waals surface area contributed by atoms with Gasteiger partial charge >= 0.3 is 5.97 Å². The van der Waals surface area contributed by atoms with E-state index in [1.165, 1.54) is 11.9 Å². The Kier molecular flexibility index (Phi) is 4.86. The molecule has 0 radical (unpaired) electrons. The SMILES string of the molecule is COC(=O)C(C)c1c(-n2nc3ccc(Cl)cc3n2)cc(O)cc1C(C)(C)C. The first-order valence-electron chi connectivity index (χ1n) is 8.60. The van der Waals surface area contributed by atoms with Crippen molar-refractivity contribution in [3.8, 4) is 11.4 Å². The number of ether oxygens (including phenoxy) is 1. The molecular weight excluding hydrogens is 366 g/mol. The van der Waals surface area contributed by atoms with Crippen molar-refractivity contribution in [2.45, 2.75) is 39.0 Å². The van der Waals surface area contributed by atoms with Gasteiger partial charge in [0, 0.05) is 11.1 Å². The molecular formula is C20H22ClN3O3. The maximum Gasteiger partial charge on any atom is 0.312 e. The number of aromatic nitrogens is 3. The number of nitrogens with zero attached hydrogens (tertiary/aromatic N) is 3. The summed E-state index contributed by atoms with van der Waals surface area (Å²) in [6.45, 7) is 7.83. The highest BCUT2D eigenvalue weighted by Crippen LogP contribution is 2.38. The molecule has 1 unspecified atom stereocenters. The lowest BCUT2D eigenvalue weighted by Gasteiger charge is -2.27. The van der Waals surface area contributed by atoms with Gasteiger partial charge in [0.15, 0.2) is 0 Å². The average molecular weight is 388 g/mol. The number of phenols is 1. The molecule has 0 bridgehead atoms. The summed E-state index contributed by atoms with van der Waals surface area (Å²) >= 11 is 6.05. The minimum atomic E-state index is -0.558. The lowest BCUT2D eigenvalue weighted by molar-refractivity contribution is -0.142. The summed E-state index contributed by atoms with van der Waals surface area (Å²) in [6.07, 6.45) is 0. The first-order chi connectivity index (χ1) is 12.6. The van der Waals surface area contributed by atoms with E-state index in [1.807, 2.05) is 20.8 Å². The predicted octanol–water partition coefficient (Wildman–Crippen LogP) is 4.35. The van der Waals surface area contributed by atoms with Gasteiger partial charge < -0.3 is 9.84 Å². The van der Waals surface area contributed by atoms with Crippen LogP contribution in [0.4, 0.5) is 0 Å². The number of aromatic hydroxyl groups is 1. The Morgan fingerprint density at radius 3 is 2.48 bits per heavy atom. The normalized spacial score (nSPS) is 13.0. The number of esters is 1. The number of carbonyl (C=O) groups is 1. The van der Waals surface area contributed by atoms with Crippen LogP contribution in [0.15, 0.2) is 30.3 Å². The molecule has 142 valence electrons. The fourth-order valence-corrected chi connectivity index (χ4v) is 3.32. The highest BCUT2D eigenvalue weighted by atomic mass is 35.5. The molecule has 0 aliphatic heterocycles. The Hall–Kier alpha value is -2.60. The van der Waals surface area contributed by atoms with Crippen molar-refractivity contribution in [3.63, 3.8) is 0 Å². The lowest BCUT2D eigenvalue weighted by atomic mass is 9.79. The molecule has 1 heterocycles. The molecule has 0 saturated carbocycles. The van der Waals surface area contributed by atoms with Crippen molar-refractivity contribution in [2.24, 2.45) is 0 Å². The van der Waals surface area contributed by atoms with Crippen LogP contribution in [0.2, 0.25) is 5.02 Å². The van der Waals surface area contributed by atoms with Gasteiger partial charge in [-0.2, -0.15) is 0 Å². The number of hydrogen-bond acceptors (Lipinski definition) is 5. The van der Waals surface area contributed by atoms with E-state index in [4.69, 9.17) is 16.3 Å². The summed E-state index contributed by atoms with van der Waals surface area (Å²) in [4.78, 5) is 13.8. The quantitative estimate of drug-likeness (QED) is 0.676. The van der Waals surface area contributed by atoms with Gasteiger partial charge in [-0.3, -0.25) is 4.79 Å². The first kappa shape index (κ1) is 19.2. The molecule has 1 atom stereocenters. The molecule has 0 amide bonds. The van der Waals surface area contributed by atoms with Gasteiger partial charge in [0.25, 0.3) is 0 Å². The zero-order valence-electron chi connectivity index (χ0n) is 15.9. The fraction of sp³-hybridized carbons (Fsp3) is 0.350. The Bertz CT molecular complexity index is 1020. The summed E-state index contributed by atoms with van der Waals surface area (Å²) in [5, 5.41) is 19.9. The number of carbonyl (C=O) groups excluding carboxylic acids is 1. The minimum Gasteiger partial charge on any atom is -0.508 e. The predicted molar refractivity (Wildman–Crippen MR) is 105 cm³/mol. The summed E-state index contributed by atoms with van der Waals surface area (Å²) in [5.74, 6) is -0.847. The second kappa shape index (κ2) is 6.85. The molecule has 0 spiro atoms. The molecule has 0 aliphatic rings. The number of rotatable bonds is 3. The average Bonchev–Trinajstić information content (AvgIpc) is 3.01. The van der Waals surface area contributed by atoms with E-state index in [-0.39, 0.29) is 17.1 Å². The van der Waals surface area contributed by atoms with E-state index >= 15 is 0 Å². The zero-order chi connectivity index (χ0) is 19.9. The summed E-state index contributed by atoms with van der Waals surface area (Å²) in [6, 6.07) is 8.47. The van der Waals surface area contributed by atoms with Crippen LogP contribution in [0.3, 0.4) is 0 Å². The van der Waals surface area contributed by atoms with Crippen LogP contribution in [0, 0.1) is 0 Å². The van der Waals surface area contributed by atoms with E-state index in [2.05, 4.69) is 10.2 Å². The maximum absolute atomic E-state index is 12.3. The van der Waals surface area contributed by atoms with Gasteiger partial charge in [0.2, 0.25) is 0 Å². The molecule has 2 aromatic carbocycles. The van der Waals surface area contributed by atoms with Crippen molar-refractivity contribution in [3.05, 3.63) is 46.5 Å². The van der Waals surface area contributed by atoms with E-state index < -0.39 is 5.92 Å². The molecule has 0 aliphatic carbocycles. The molecule has 27 heavy (non-hydrogen) atoms. The zero-order valence-corrected chi connectivity index (χ0v) is 16.7. The van der Waals surface area contributed by atoms with E-state index in [1.54, 1.807) is 37.3 Å². The second-order valence-electron chi connectivity index (χ2n) is 7.54. The molecule has 7 heteroatoms. The topological polar surface area (TPSA) is 77.2 Å². The van der Waals surface area contributed by atoms with Gasteiger partial charge in [-0.25, -0.2) is 0 Å². The first-order valence-corrected chi connectivity index (χ1v) is 8.98. The van der Waals surface area contributed by atoms with Gasteiger partial charge in [-0.05, 0) is 47.7 Å². The van der Waals surface area contributed by atoms with Crippen LogP contribution < -0.4 is 0 Å². The Morgan fingerprint density at radius 1 is 1.19 bits per heavy atom. The Morgan fingerprint density at radius 2 is 1.85 bits per heavy atom. The molecule has 1 N–H and O–H groups in total. The second-order valence-corrected chi connectivity index (χ2v) is 7.98. The van der Waals surface area contributed by atoms with Crippen molar-refractivity contribution in [1.82, 2.24) is 15.0 Å². The maximum atomic E-state index is 12.3. The van der Waals surface area contributed by atoms with Crippen LogP contribution in [0.1, 0.15) is 44.7 Å². The highest BCUT2D eigenvalue weighted by Gasteiger charge is 2.30. The molecule has 0 fully saturated rings. The van der Waals surface area contributed by atoms with Gasteiger partial charge in [-0.1, -0.05) is 32.4 Å². The number of benzene rings is 2. The third-order valence-corrected chi connectivity index (χ3v) is 4.73. The Labute approximate surface area is 162 Å². The standard InChI is InChI=1S/C20H22ClN3O3/c1-11(19(26)27-5)18-14(20(2,3)4)9-13(25)10-17(18)24-22-15-7-6-12(21)8-16(15)23-24/h6-11,25H,1-5H3. The summed E-state index contributed by atoms with van der Waals surface area (Å²) in [7, 11) is 1.36. The lowest BCUT2D eigenvalue weighted by Crippen LogP contribution is -2.22. The third-order valence-electron chi connectivity index (χ3n) is 4.50. The molecule has 3 aromatic rings. The van der Waals surface area contributed by atoms with Crippen molar-refractivity contribution in [2.75, 3.05) is 7.11 Å². The van der Waals surface area contributed by atoms with E-state index in [0.717, 1.165) is 11.1 Å². The number of methoxy groups -OCH3 is 1. The monoisotopic (exact) mass is 387 g/mol. The molecule has 6 nitrogen and oxygen atoms in total. The summed E-state index contributed by atoms with van der Waals surface area (Å²) in [5.41, 5.74) is 3.05. The van der Waals surface area contributed by atoms with Crippen molar-refractivity contribution < 1.29 is 14.6 Å². The smallest absolute Gasteiger partial charge is 0.312 e. The number of halogens is 1. The van der Waals surface area contributed by atoms with E-state index in [0.29, 0.717) is 21.7 Å². The fourth-order valence-electron chi connectivity index (χ4n) is 3.15. The van der Waals surface area contributed by atoms with Crippen LogP contribution in [-0.4, -0.2) is 33.2 Å². The van der Waals surface area contributed by atoms with Crippen LogP contribution >= 0.6 is 11.6 Å². The number of fused-ring (bicyclic) bond motifs is 1. The van der Waals surface area contributed by atoms with Crippen LogP contribution in [0.25, 0.3) is 16.7 Å². The molecule has 1 aromatic heterocycles.